The zero-order chi connectivity index (χ0) is 17.5. The number of hydrogen-bond donors (Lipinski definition) is 2. The molecule has 0 bridgehead atoms. The molecule has 2 aliphatic rings. The van der Waals surface area contributed by atoms with Crippen LogP contribution in [-0.4, -0.2) is 46.0 Å². The summed E-state index contributed by atoms with van der Waals surface area (Å²) in [6.07, 6.45) is 4.08. The van der Waals surface area contributed by atoms with Crippen molar-refractivity contribution in [3.63, 3.8) is 0 Å². The van der Waals surface area contributed by atoms with Crippen molar-refractivity contribution in [2.75, 3.05) is 25.2 Å². The highest BCUT2D eigenvalue weighted by Gasteiger charge is 2.26. The Kier molecular flexibility index (Phi) is 3.87. The van der Waals surface area contributed by atoms with Gasteiger partial charge in [-0.25, -0.2) is 0 Å². The number of benzene rings is 1. The summed E-state index contributed by atoms with van der Waals surface area (Å²) in [5.41, 5.74) is 6.72. The summed E-state index contributed by atoms with van der Waals surface area (Å²) >= 11 is 0. The fourth-order valence-corrected chi connectivity index (χ4v) is 4.09. The number of pyridine rings is 1. The molecule has 2 aromatic heterocycles. The number of H-pyrrole nitrogens is 1. The summed E-state index contributed by atoms with van der Waals surface area (Å²) < 4.78 is 5.52. The number of ether oxygens (including phenoxy) is 1. The molecule has 0 aliphatic carbocycles. The molecule has 6 heteroatoms. The van der Waals surface area contributed by atoms with Crippen molar-refractivity contribution in [3.05, 3.63) is 41.7 Å². The minimum absolute atomic E-state index is 0.603. The minimum atomic E-state index is 0.603. The molecule has 5 rings (SSSR count). The maximum atomic E-state index is 5.52. The number of nitrogens with one attached hydrogen (secondary N) is 2. The van der Waals surface area contributed by atoms with Crippen molar-refractivity contribution in [2.24, 2.45) is 0 Å². The monoisotopic (exact) mass is 349 g/mol. The van der Waals surface area contributed by atoms with E-state index < -0.39 is 0 Å². The summed E-state index contributed by atoms with van der Waals surface area (Å²) in [5, 5.41) is 12.5. The van der Waals surface area contributed by atoms with E-state index in [9.17, 15) is 0 Å². The van der Waals surface area contributed by atoms with E-state index in [2.05, 4.69) is 43.6 Å². The zero-order valence-corrected chi connectivity index (χ0v) is 15.0. The Hall–Kier alpha value is -2.44. The van der Waals surface area contributed by atoms with Gasteiger partial charge in [0.15, 0.2) is 0 Å². The first-order chi connectivity index (χ1) is 12.8. The number of aromatic nitrogens is 3. The summed E-state index contributed by atoms with van der Waals surface area (Å²) in [7, 11) is 0. The largest absolute Gasteiger partial charge is 0.381 e. The number of hydrogen-bond acceptors (Lipinski definition) is 5. The Morgan fingerprint density at radius 2 is 2.08 bits per heavy atom. The highest BCUT2D eigenvalue weighted by molar-refractivity contribution is 5.95. The van der Waals surface area contributed by atoms with Crippen LogP contribution in [0.3, 0.4) is 0 Å². The van der Waals surface area contributed by atoms with E-state index in [1.807, 2.05) is 19.2 Å². The molecule has 0 atom stereocenters. The van der Waals surface area contributed by atoms with Gasteiger partial charge in [0.25, 0.3) is 0 Å². The number of nitrogens with zero attached hydrogens (tertiary/aromatic N) is 3. The molecule has 0 radical (unpaired) electrons. The lowest BCUT2D eigenvalue weighted by Crippen LogP contribution is -2.44. The minimum Gasteiger partial charge on any atom is -0.381 e. The normalized spacial score (nSPS) is 18.7. The summed E-state index contributed by atoms with van der Waals surface area (Å²) in [6.45, 7) is 5.63. The van der Waals surface area contributed by atoms with Gasteiger partial charge in [-0.1, -0.05) is 0 Å². The Morgan fingerprint density at radius 1 is 1.19 bits per heavy atom. The predicted molar refractivity (Wildman–Crippen MR) is 102 cm³/mol. The van der Waals surface area contributed by atoms with Crippen molar-refractivity contribution in [2.45, 2.75) is 32.4 Å². The third kappa shape index (κ3) is 2.75. The smallest absolute Gasteiger partial charge is 0.100 e. The first-order valence-corrected chi connectivity index (χ1v) is 9.27. The highest BCUT2D eigenvalue weighted by atomic mass is 16.5. The third-order valence-corrected chi connectivity index (χ3v) is 5.51. The summed E-state index contributed by atoms with van der Waals surface area (Å²) in [4.78, 5) is 6.83. The average Bonchev–Trinajstić information content (AvgIpc) is 3.09. The van der Waals surface area contributed by atoms with Crippen LogP contribution in [0.1, 0.15) is 24.1 Å². The Labute approximate surface area is 152 Å². The van der Waals surface area contributed by atoms with Gasteiger partial charge in [0.2, 0.25) is 0 Å². The topological polar surface area (TPSA) is 66.1 Å². The molecule has 1 fully saturated rings. The molecular weight excluding hydrogens is 326 g/mol. The van der Waals surface area contributed by atoms with E-state index in [4.69, 9.17) is 4.74 Å². The standard InChI is InChI=1S/C20H23N5O/c1-13-8-14(2-5-21-13)20-17-9-15-11-25(16-3-6-26-7-4-16)12-22-18(15)10-19(17)23-24-20/h2,5,8-10,16,22H,3-4,6-7,11-12H2,1H3,(H,23,24). The van der Waals surface area contributed by atoms with Crippen LogP contribution >= 0.6 is 0 Å². The van der Waals surface area contributed by atoms with Crippen LogP contribution in [0, 0.1) is 6.92 Å². The van der Waals surface area contributed by atoms with Gasteiger partial charge in [-0.2, -0.15) is 5.10 Å². The molecule has 3 aromatic rings. The van der Waals surface area contributed by atoms with Gasteiger partial charge in [-0.3, -0.25) is 15.0 Å². The Morgan fingerprint density at radius 3 is 2.92 bits per heavy atom. The quantitative estimate of drug-likeness (QED) is 0.743. The van der Waals surface area contributed by atoms with Crippen LogP contribution in [0.4, 0.5) is 5.69 Å². The number of aryl methyl sites for hydroxylation is 1. The van der Waals surface area contributed by atoms with Gasteiger partial charge in [0.1, 0.15) is 5.69 Å². The van der Waals surface area contributed by atoms with Crippen LogP contribution in [-0.2, 0) is 11.3 Å². The number of fused-ring (bicyclic) bond motifs is 2. The van der Waals surface area contributed by atoms with E-state index >= 15 is 0 Å². The van der Waals surface area contributed by atoms with E-state index in [-0.39, 0.29) is 0 Å². The van der Waals surface area contributed by atoms with Crippen LogP contribution in [0.25, 0.3) is 22.2 Å². The van der Waals surface area contributed by atoms with E-state index in [1.165, 1.54) is 16.6 Å². The van der Waals surface area contributed by atoms with Crippen molar-refractivity contribution in [3.8, 4) is 11.3 Å². The van der Waals surface area contributed by atoms with Gasteiger partial charge in [-0.15, -0.1) is 0 Å². The van der Waals surface area contributed by atoms with Crippen molar-refractivity contribution in [1.29, 1.82) is 0 Å². The van der Waals surface area contributed by atoms with Gasteiger partial charge in [0, 0.05) is 54.3 Å². The Balaban J connectivity index is 1.51. The molecular formula is C20H23N5O. The van der Waals surface area contributed by atoms with Gasteiger partial charge in [-0.05, 0) is 49.6 Å². The number of aromatic amines is 1. The van der Waals surface area contributed by atoms with Crippen LogP contribution in [0.15, 0.2) is 30.5 Å². The second kappa shape index (κ2) is 6.37. The maximum absolute atomic E-state index is 5.52. The van der Waals surface area contributed by atoms with Crippen molar-refractivity contribution >= 4 is 16.6 Å². The van der Waals surface area contributed by atoms with Crippen LogP contribution in [0.5, 0.6) is 0 Å². The lowest BCUT2D eigenvalue weighted by Gasteiger charge is -2.38. The van der Waals surface area contributed by atoms with Crippen LogP contribution < -0.4 is 5.32 Å². The number of rotatable bonds is 2. The van der Waals surface area contributed by atoms with Crippen molar-refractivity contribution < 1.29 is 4.74 Å². The molecule has 0 spiro atoms. The molecule has 26 heavy (non-hydrogen) atoms. The molecule has 0 saturated carbocycles. The summed E-state index contributed by atoms with van der Waals surface area (Å²) in [6, 6.07) is 9.19. The van der Waals surface area contributed by atoms with Gasteiger partial charge in [0.05, 0.1) is 12.2 Å². The second-order valence-corrected chi connectivity index (χ2v) is 7.24. The first-order valence-electron chi connectivity index (χ1n) is 9.27. The molecule has 6 nitrogen and oxygen atoms in total. The van der Waals surface area contributed by atoms with Crippen LogP contribution in [0.2, 0.25) is 0 Å². The fourth-order valence-electron chi connectivity index (χ4n) is 4.09. The molecule has 1 aromatic carbocycles. The SMILES string of the molecule is Cc1cc(-c2n[nH]c3cc4c(cc23)CN(C2CCOCC2)CN4)ccn1. The molecule has 4 heterocycles. The summed E-state index contributed by atoms with van der Waals surface area (Å²) in [5.74, 6) is 0. The molecule has 0 amide bonds. The van der Waals surface area contributed by atoms with Crippen molar-refractivity contribution in [1.82, 2.24) is 20.1 Å². The predicted octanol–water partition coefficient (Wildman–Crippen LogP) is 3.30. The maximum Gasteiger partial charge on any atom is 0.100 e. The van der Waals surface area contributed by atoms with E-state index in [1.54, 1.807) is 0 Å². The molecule has 2 aliphatic heterocycles. The zero-order valence-electron chi connectivity index (χ0n) is 15.0. The van der Waals surface area contributed by atoms with E-state index in [0.29, 0.717) is 6.04 Å². The lowest BCUT2D eigenvalue weighted by molar-refractivity contribution is 0.0325. The molecule has 1 saturated heterocycles. The second-order valence-electron chi connectivity index (χ2n) is 7.24. The number of anilines is 1. The lowest BCUT2D eigenvalue weighted by atomic mass is 10.0. The molecule has 134 valence electrons. The molecule has 0 unspecified atom stereocenters. The third-order valence-electron chi connectivity index (χ3n) is 5.51. The van der Waals surface area contributed by atoms with E-state index in [0.717, 1.165) is 61.7 Å². The van der Waals surface area contributed by atoms with Gasteiger partial charge < -0.3 is 10.1 Å². The van der Waals surface area contributed by atoms with Gasteiger partial charge >= 0.3 is 0 Å². The average molecular weight is 349 g/mol. The Bertz CT molecular complexity index is 945. The molecule has 2 N–H and O–H groups in total. The first kappa shape index (κ1) is 15.8. The highest BCUT2D eigenvalue weighted by Crippen LogP contribution is 2.33. The fraction of sp³-hybridized carbons (Fsp3) is 0.400.